The van der Waals surface area contributed by atoms with E-state index in [1.807, 2.05) is 0 Å². The minimum atomic E-state index is -0.243. The number of hydrogen-bond acceptors (Lipinski definition) is 3. The lowest BCUT2D eigenvalue weighted by Gasteiger charge is -2.20. The van der Waals surface area contributed by atoms with E-state index in [4.69, 9.17) is 23.6 Å². The van der Waals surface area contributed by atoms with Crippen LogP contribution < -0.4 is 3.94 Å². The van der Waals surface area contributed by atoms with Crippen LogP contribution >= 0.6 is 23.6 Å². The maximum atomic E-state index is 12.5. The highest BCUT2D eigenvalue weighted by atomic mass is 35.5. The van der Waals surface area contributed by atoms with Crippen molar-refractivity contribution >= 4 is 40.8 Å². The third kappa shape index (κ3) is 1.74. The molecule has 3 nitrogen and oxygen atoms in total. The van der Waals surface area contributed by atoms with Crippen LogP contribution in [-0.2, 0) is 0 Å². The van der Waals surface area contributed by atoms with Crippen molar-refractivity contribution in [2.45, 2.75) is 0 Å². The number of halogens is 2. The molecule has 2 aromatic rings. The zero-order chi connectivity index (χ0) is 13.6. The van der Waals surface area contributed by atoms with Crippen LogP contribution in [0.4, 0.5) is 5.69 Å². The molecule has 5 heteroatoms. The first kappa shape index (κ1) is 12.2. The smallest absolute Gasteiger partial charge is 0.196 e. The van der Waals surface area contributed by atoms with Crippen molar-refractivity contribution in [2.24, 2.45) is 0 Å². The Kier molecular flexibility index (Phi) is 2.81. The average molecular weight is 292 g/mol. The highest BCUT2D eigenvalue weighted by Crippen LogP contribution is 2.34. The van der Waals surface area contributed by atoms with Gasteiger partial charge in [-0.05, 0) is 6.07 Å². The van der Waals surface area contributed by atoms with Gasteiger partial charge in [-0.25, -0.2) is 0 Å². The Bertz CT molecular complexity index is 710. The monoisotopic (exact) mass is 291 g/mol. The first-order valence-corrected chi connectivity index (χ1v) is 6.22. The molecule has 0 atom stereocenters. The maximum absolute atomic E-state index is 12.5. The lowest BCUT2D eigenvalue weighted by Crippen LogP contribution is -2.22. The second-order valence-electron chi connectivity index (χ2n) is 4.14. The molecule has 0 aromatic heterocycles. The Morgan fingerprint density at radius 1 is 0.737 bits per heavy atom. The molecular weight excluding hydrogens is 285 g/mol. The zero-order valence-electron chi connectivity index (χ0n) is 9.56. The standard InChI is InChI=1S/C14H7Cl2NO2/c15-17(16)11-7-3-6-10-12(11)14(19)9-5-2-1-4-8(9)13(10)18/h1-7H. The summed E-state index contributed by atoms with van der Waals surface area (Å²) in [6, 6.07) is 11.6. The number of carbonyl (C=O) groups is 2. The molecule has 0 aliphatic heterocycles. The number of fused-ring (bicyclic) bond motifs is 2. The molecule has 0 bridgehead atoms. The minimum Gasteiger partial charge on any atom is -0.289 e. The average Bonchev–Trinajstić information content (AvgIpc) is 2.44. The summed E-state index contributed by atoms with van der Waals surface area (Å²) in [5.74, 6) is -0.436. The maximum Gasteiger partial charge on any atom is 0.196 e. The van der Waals surface area contributed by atoms with Gasteiger partial charge in [-0.1, -0.05) is 36.4 Å². The molecule has 94 valence electrons. The van der Waals surface area contributed by atoms with Gasteiger partial charge in [0.2, 0.25) is 0 Å². The number of hydrogen-bond donors (Lipinski definition) is 0. The van der Waals surface area contributed by atoms with Gasteiger partial charge < -0.3 is 0 Å². The fourth-order valence-corrected chi connectivity index (χ4v) is 2.55. The molecule has 0 fully saturated rings. The Morgan fingerprint density at radius 2 is 1.32 bits per heavy atom. The van der Waals surface area contributed by atoms with Crippen molar-refractivity contribution < 1.29 is 9.59 Å². The fraction of sp³-hybridized carbons (Fsp3) is 0. The predicted molar refractivity (Wildman–Crippen MR) is 73.9 cm³/mol. The third-order valence-electron chi connectivity index (χ3n) is 3.11. The molecular formula is C14H7Cl2NO2. The van der Waals surface area contributed by atoms with Gasteiger partial charge in [-0.2, -0.15) is 3.94 Å². The van der Waals surface area contributed by atoms with E-state index in [-0.39, 0.29) is 17.1 Å². The van der Waals surface area contributed by atoms with E-state index < -0.39 is 0 Å². The van der Waals surface area contributed by atoms with Crippen molar-refractivity contribution in [3.63, 3.8) is 0 Å². The van der Waals surface area contributed by atoms with Crippen molar-refractivity contribution in [1.29, 1.82) is 0 Å². The lowest BCUT2D eigenvalue weighted by molar-refractivity contribution is 0.0979. The quantitative estimate of drug-likeness (QED) is 0.643. The Morgan fingerprint density at radius 3 is 1.95 bits per heavy atom. The summed E-state index contributed by atoms with van der Waals surface area (Å²) in [6.45, 7) is 0. The minimum absolute atomic E-state index is 0.192. The van der Waals surface area contributed by atoms with Crippen molar-refractivity contribution in [3.05, 3.63) is 64.7 Å². The van der Waals surface area contributed by atoms with Gasteiger partial charge in [0.25, 0.3) is 0 Å². The highest BCUT2D eigenvalue weighted by Gasteiger charge is 2.32. The molecule has 0 saturated heterocycles. The molecule has 19 heavy (non-hydrogen) atoms. The topological polar surface area (TPSA) is 37.4 Å². The Balaban J connectivity index is 2.33. The van der Waals surface area contributed by atoms with E-state index >= 15 is 0 Å². The SMILES string of the molecule is O=C1c2ccccc2C(=O)c2c1cccc2N(Cl)Cl. The molecule has 0 heterocycles. The summed E-state index contributed by atoms with van der Waals surface area (Å²) in [6.07, 6.45) is 0. The number of carbonyl (C=O) groups excluding carboxylic acids is 2. The van der Waals surface area contributed by atoms with Gasteiger partial charge >= 0.3 is 0 Å². The normalized spacial score (nSPS) is 12.9. The van der Waals surface area contributed by atoms with Crippen LogP contribution in [0.2, 0.25) is 0 Å². The number of rotatable bonds is 1. The van der Waals surface area contributed by atoms with Crippen LogP contribution in [0.1, 0.15) is 31.8 Å². The Hall–Kier alpha value is -1.84. The zero-order valence-corrected chi connectivity index (χ0v) is 11.1. The Labute approximate surface area is 119 Å². The largest absolute Gasteiger partial charge is 0.289 e. The van der Waals surface area contributed by atoms with Gasteiger partial charge in [-0.3, -0.25) is 9.59 Å². The molecule has 0 spiro atoms. The number of benzene rings is 2. The molecule has 0 N–H and O–H groups in total. The first-order valence-electron chi connectivity index (χ1n) is 5.54. The van der Waals surface area contributed by atoms with Crippen molar-refractivity contribution in [3.8, 4) is 0 Å². The lowest BCUT2D eigenvalue weighted by atomic mass is 9.83. The summed E-state index contributed by atoms with van der Waals surface area (Å²) < 4.78 is 0.804. The van der Waals surface area contributed by atoms with E-state index in [1.165, 1.54) is 0 Å². The van der Waals surface area contributed by atoms with Crippen LogP contribution in [-0.4, -0.2) is 11.6 Å². The third-order valence-corrected chi connectivity index (χ3v) is 3.48. The number of nitrogens with zero attached hydrogens (tertiary/aromatic N) is 1. The van der Waals surface area contributed by atoms with E-state index in [0.29, 0.717) is 22.4 Å². The van der Waals surface area contributed by atoms with Gasteiger partial charge in [0.15, 0.2) is 11.6 Å². The molecule has 3 rings (SSSR count). The molecule has 0 amide bonds. The molecule has 1 aliphatic carbocycles. The molecule has 0 radical (unpaired) electrons. The molecule has 0 saturated carbocycles. The van der Waals surface area contributed by atoms with E-state index in [0.717, 1.165) is 3.94 Å². The summed E-state index contributed by atoms with van der Waals surface area (Å²) in [5.41, 5.74) is 1.67. The highest BCUT2D eigenvalue weighted by molar-refractivity contribution is 6.50. The first-order chi connectivity index (χ1) is 9.11. The van der Waals surface area contributed by atoms with Crippen LogP contribution in [0.25, 0.3) is 0 Å². The predicted octanol–water partition coefficient (Wildman–Crippen LogP) is 3.58. The van der Waals surface area contributed by atoms with Crippen LogP contribution in [0, 0.1) is 0 Å². The number of ketones is 2. The molecule has 1 aliphatic rings. The molecule has 0 unspecified atom stereocenters. The van der Waals surface area contributed by atoms with Crippen LogP contribution in [0.15, 0.2) is 42.5 Å². The van der Waals surface area contributed by atoms with E-state index in [9.17, 15) is 9.59 Å². The van der Waals surface area contributed by atoms with Gasteiger partial charge in [0, 0.05) is 40.2 Å². The summed E-state index contributed by atoms with van der Waals surface area (Å²) in [7, 11) is 0. The van der Waals surface area contributed by atoms with Crippen LogP contribution in [0.3, 0.4) is 0 Å². The van der Waals surface area contributed by atoms with Crippen molar-refractivity contribution in [1.82, 2.24) is 0 Å². The summed E-state index contributed by atoms with van der Waals surface area (Å²) in [4.78, 5) is 24.9. The van der Waals surface area contributed by atoms with Crippen LogP contribution in [0.5, 0.6) is 0 Å². The second-order valence-corrected chi connectivity index (χ2v) is 4.99. The molecule has 2 aromatic carbocycles. The van der Waals surface area contributed by atoms with E-state index in [1.54, 1.807) is 42.5 Å². The van der Waals surface area contributed by atoms with Crippen molar-refractivity contribution in [2.75, 3.05) is 3.94 Å². The van der Waals surface area contributed by atoms with Gasteiger partial charge in [0.05, 0.1) is 11.3 Å². The van der Waals surface area contributed by atoms with E-state index in [2.05, 4.69) is 0 Å². The summed E-state index contributed by atoms with van der Waals surface area (Å²) >= 11 is 11.4. The second kappa shape index (κ2) is 4.37. The van der Waals surface area contributed by atoms with Gasteiger partial charge in [-0.15, -0.1) is 0 Å². The number of anilines is 1. The summed E-state index contributed by atoms with van der Waals surface area (Å²) in [5, 5.41) is 0. The fourth-order valence-electron chi connectivity index (χ4n) is 2.27. The van der Waals surface area contributed by atoms with Gasteiger partial charge in [0.1, 0.15) is 0 Å².